The topological polar surface area (TPSA) is 102 Å². The van der Waals surface area contributed by atoms with E-state index in [1.807, 2.05) is 4.72 Å². The van der Waals surface area contributed by atoms with Gasteiger partial charge in [0.1, 0.15) is 0 Å². The molecule has 1 atom stereocenters. The number of aliphatic carboxylic acids is 1. The highest BCUT2D eigenvalue weighted by atomic mass is 32.2. The molecule has 0 aromatic heterocycles. The average Bonchev–Trinajstić information content (AvgIpc) is 2.60. The van der Waals surface area contributed by atoms with Crippen LogP contribution in [0.25, 0.3) is 0 Å². The Labute approximate surface area is 112 Å². The van der Waals surface area contributed by atoms with E-state index in [9.17, 15) is 22.0 Å². The van der Waals surface area contributed by atoms with Gasteiger partial charge in [-0.25, -0.2) is 8.42 Å². The van der Waals surface area contributed by atoms with Gasteiger partial charge in [-0.15, -0.1) is 8.78 Å². The molecule has 2 rings (SSSR count). The van der Waals surface area contributed by atoms with Crippen molar-refractivity contribution in [2.75, 3.05) is 4.72 Å². The number of hydrogen-bond donors (Lipinski definition) is 2. The molecule has 0 saturated carbocycles. The molecule has 0 bridgehead atoms. The number of nitrogens with one attached hydrogen (secondary N) is 1. The van der Waals surface area contributed by atoms with Gasteiger partial charge < -0.3 is 14.6 Å². The molecule has 1 aliphatic heterocycles. The summed E-state index contributed by atoms with van der Waals surface area (Å²) in [6.07, 6.45) is -3.81. The number of hydrogen-bond acceptors (Lipinski definition) is 5. The van der Waals surface area contributed by atoms with Crippen molar-refractivity contribution < 1.29 is 36.6 Å². The molecule has 0 spiro atoms. The van der Waals surface area contributed by atoms with Crippen LogP contribution >= 0.6 is 0 Å². The molecule has 2 N–H and O–H groups in total. The standard InChI is InChI=1S/C10H9F2NO6S/c1-5(9(14)15)20(16,17)13-6-2-3-7-8(4-6)19-10(11,12)18-7/h2-5,13H,1H3,(H,14,15). The summed E-state index contributed by atoms with van der Waals surface area (Å²) in [6, 6.07) is 3.21. The van der Waals surface area contributed by atoms with Crippen LogP contribution in [0.5, 0.6) is 11.5 Å². The first-order valence-corrected chi connectivity index (χ1v) is 6.80. The minimum Gasteiger partial charge on any atom is -0.480 e. The van der Waals surface area contributed by atoms with E-state index in [1.54, 1.807) is 0 Å². The minimum absolute atomic E-state index is 0.113. The van der Waals surface area contributed by atoms with Crippen LogP contribution in [0, 0.1) is 0 Å². The molecule has 1 heterocycles. The number of rotatable bonds is 4. The Morgan fingerprint density at radius 1 is 1.35 bits per heavy atom. The van der Waals surface area contributed by atoms with Crippen molar-refractivity contribution in [1.82, 2.24) is 0 Å². The number of alkyl halides is 2. The van der Waals surface area contributed by atoms with Crippen molar-refractivity contribution in [2.24, 2.45) is 0 Å². The van der Waals surface area contributed by atoms with Crippen molar-refractivity contribution in [3.05, 3.63) is 18.2 Å². The number of ether oxygens (including phenoxy) is 2. The van der Waals surface area contributed by atoms with Crippen molar-refractivity contribution in [1.29, 1.82) is 0 Å². The number of halogens is 2. The zero-order valence-corrected chi connectivity index (χ0v) is 10.8. The van der Waals surface area contributed by atoms with E-state index in [0.29, 0.717) is 0 Å². The van der Waals surface area contributed by atoms with Crippen LogP contribution in [-0.2, 0) is 14.8 Å². The number of carboxylic acid groups (broad SMARTS) is 1. The van der Waals surface area contributed by atoms with Crippen LogP contribution in [0.4, 0.5) is 14.5 Å². The van der Waals surface area contributed by atoms with E-state index in [2.05, 4.69) is 9.47 Å². The van der Waals surface area contributed by atoms with E-state index >= 15 is 0 Å². The highest BCUT2D eigenvalue weighted by molar-refractivity contribution is 7.94. The summed E-state index contributed by atoms with van der Waals surface area (Å²) < 4.78 is 59.1. The van der Waals surface area contributed by atoms with Gasteiger partial charge in [0.2, 0.25) is 10.0 Å². The molecule has 0 amide bonds. The lowest BCUT2D eigenvalue weighted by Crippen LogP contribution is -2.32. The van der Waals surface area contributed by atoms with Crippen LogP contribution < -0.4 is 14.2 Å². The molecule has 0 radical (unpaired) electrons. The summed E-state index contributed by atoms with van der Waals surface area (Å²) in [6.45, 7) is 0.978. The third-order valence-electron chi connectivity index (χ3n) is 2.47. The van der Waals surface area contributed by atoms with Crippen LogP contribution in [0.2, 0.25) is 0 Å². The van der Waals surface area contributed by atoms with Gasteiger partial charge in [-0.3, -0.25) is 9.52 Å². The van der Waals surface area contributed by atoms with E-state index in [4.69, 9.17) is 5.11 Å². The first-order chi connectivity index (χ1) is 9.11. The van der Waals surface area contributed by atoms with Gasteiger partial charge in [-0.1, -0.05) is 0 Å². The number of anilines is 1. The normalized spacial score (nSPS) is 17.6. The van der Waals surface area contributed by atoms with Crippen LogP contribution in [-0.4, -0.2) is 31.0 Å². The summed E-state index contributed by atoms with van der Waals surface area (Å²) in [5.41, 5.74) is -0.113. The van der Waals surface area contributed by atoms with E-state index < -0.39 is 27.5 Å². The van der Waals surface area contributed by atoms with Gasteiger partial charge in [0.15, 0.2) is 16.7 Å². The molecule has 110 valence electrons. The molecule has 1 aromatic rings. The predicted molar refractivity (Wildman–Crippen MR) is 62.3 cm³/mol. The third-order valence-corrected chi connectivity index (χ3v) is 4.13. The predicted octanol–water partition coefficient (Wildman–Crippen LogP) is 1.22. The Morgan fingerprint density at radius 3 is 2.55 bits per heavy atom. The second kappa shape index (κ2) is 4.47. The Hall–Kier alpha value is -2.10. The molecular formula is C10H9F2NO6S. The van der Waals surface area contributed by atoms with Crippen molar-refractivity contribution in [3.8, 4) is 11.5 Å². The molecule has 0 fully saturated rings. The van der Waals surface area contributed by atoms with E-state index in [0.717, 1.165) is 25.1 Å². The van der Waals surface area contributed by atoms with Crippen molar-refractivity contribution in [2.45, 2.75) is 18.5 Å². The zero-order valence-electron chi connectivity index (χ0n) is 9.96. The van der Waals surface area contributed by atoms with Gasteiger partial charge in [-0.05, 0) is 19.1 Å². The second-order valence-electron chi connectivity index (χ2n) is 3.96. The monoisotopic (exact) mass is 309 g/mol. The maximum absolute atomic E-state index is 12.8. The van der Waals surface area contributed by atoms with Crippen LogP contribution in [0.3, 0.4) is 0 Å². The van der Waals surface area contributed by atoms with Crippen molar-refractivity contribution >= 4 is 21.7 Å². The highest BCUT2D eigenvalue weighted by Crippen LogP contribution is 2.42. The van der Waals surface area contributed by atoms with E-state index in [1.165, 1.54) is 0 Å². The maximum atomic E-state index is 12.8. The summed E-state index contributed by atoms with van der Waals surface area (Å²) in [4.78, 5) is 10.6. The lowest BCUT2D eigenvalue weighted by atomic mass is 10.3. The Bertz CT molecular complexity index is 660. The number of fused-ring (bicyclic) bond motifs is 1. The third kappa shape index (κ3) is 2.74. The molecule has 0 aliphatic carbocycles. The first kappa shape index (κ1) is 14.3. The number of benzene rings is 1. The van der Waals surface area contributed by atoms with Crippen LogP contribution in [0.15, 0.2) is 18.2 Å². The van der Waals surface area contributed by atoms with Gasteiger partial charge >= 0.3 is 12.3 Å². The molecule has 7 nitrogen and oxygen atoms in total. The SMILES string of the molecule is CC(C(=O)O)S(=O)(=O)Nc1ccc2c(c1)OC(F)(F)O2. The molecule has 1 aliphatic rings. The zero-order chi connectivity index (χ0) is 15.1. The summed E-state index contributed by atoms with van der Waals surface area (Å²) in [7, 11) is -4.19. The highest BCUT2D eigenvalue weighted by Gasteiger charge is 2.43. The van der Waals surface area contributed by atoms with Gasteiger partial charge in [0, 0.05) is 6.07 Å². The Kier molecular flexibility index (Phi) is 3.20. The smallest absolute Gasteiger partial charge is 0.480 e. The fourth-order valence-electron chi connectivity index (χ4n) is 1.40. The first-order valence-electron chi connectivity index (χ1n) is 5.25. The maximum Gasteiger partial charge on any atom is 0.586 e. The summed E-state index contributed by atoms with van der Waals surface area (Å²) in [5.74, 6) is -2.13. The molecule has 10 heteroatoms. The fourth-order valence-corrected chi connectivity index (χ4v) is 2.30. The van der Waals surface area contributed by atoms with Gasteiger partial charge in [0.05, 0.1) is 5.69 Å². The number of sulfonamides is 1. The fraction of sp³-hybridized carbons (Fsp3) is 0.300. The summed E-state index contributed by atoms with van der Waals surface area (Å²) >= 11 is 0. The van der Waals surface area contributed by atoms with Crippen LogP contribution in [0.1, 0.15) is 6.92 Å². The van der Waals surface area contributed by atoms with E-state index in [-0.39, 0.29) is 17.2 Å². The molecular weight excluding hydrogens is 300 g/mol. The lowest BCUT2D eigenvalue weighted by Gasteiger charge is -2.11. The Balaban J connectivity index is 2.23. The summed E-state index contributed by atoms with van der Waals surface area (Å²) in [5, 5.41) is 6.96. The minimum atomic E-state index is -4.19. The lowest BCUT2D eigenvalue weighted by molar-refractivity contribution is -0.286. The number of carboxylic acids is 1. The number of carbonyl (C=O) groups is 1. The van der Waals surface area contributed by atoms with Crippen molar-refractivity contribution in [3.63, 3.8) is 0 Å². The molecule has 20 heavy (non-hydrogen) atoms. The van der Waals surface area contributed by atoms with Gasteiger partial charge in [0.25, 0.3) is 0 Å². The van der Waals surface area contributed by atoms with Gasteiger partial charge in [-0.2, -0.15) is 0 Å². The largest absolute Gasteiger partial charge is 0.586 e. The molecule has 1 aromatic carbocycles. The Morgan fingerprint density at radius 2 is 1.95 bits per heavy atom. The average molecular weight is 309 g/mol. The quantitative estimate of drug-likeness (QED) is 0.867. The second-order valence-corrected chi connectivity index (χ2v) is 5.96. The molecule has 0 saturated heterocycles. The molecule has 1 unspecified atom stereocenters.